The van der Waals surface area contributed by atoms with E-state index in [1.807, 2.05) is 0 Å². The number of non-ortho nitro benzene ring substituents is 1. The van der Waals surface area contributed by atoms with Crippen molar-refractivity contribution in [2.75, 3.05) is 18.2 Å². The molecule has 1 amide bonds. The normalized spacial score (nSPS) is 10.5. The summed E-state index contributed by atoms with van der Waals surface area (Å²) in [5.74, 6) is 0.345. The number of amides is 1. The van der Waals surface area contributed by atoms with Crippen molar-refractivity contribution in [2.24, 2.45) is 0 Å². The number of hydrogen-bond acceptors (Lipinski definition) is 6. The molecule has 0 spiro atoms. The number of nitrogens with zero attached hydrogens (tertiary/aromatic N) is 1. The molecule has 0 aromatic heterocycles. The summed E-state index contributed by atoms with van der Waals surface area (Å²) in [6.07, 6.45) is 0. The molecule has 0 bridgehead atoms. The number of nitrogens with one attached hydrogen (secondary N) is 1. The third-order valence-electron chi connectivity index (χ3n) is 3.29. The molecule has 0 radical (unpaired) electrons. The van der Waals surface area contributed by atoms with E-state index in [0.29, 0.717) is 11.4 Å². The number of nitro benzene ring substituents is 1. The Hall–Kier alpha value is -2.88. The SMILES string of the molecule is COc1cc(CSCC(=O)Nc2cccc([N+](=O)[O-])c2)ccc1OC(F)F. The van der Waals surface area contributed by atoms with Crippen LogP contribution in [-0.2, 0) is 10.5 Å². The minimum absolute atomic E-state index is 0.0651. The van der Waals surface area contributed by atoms with Crippen molar-refractivity contribution in [1.82, 2.24) is 0 Å². The van der Waals surface area contributed by atoms with E-state index in [4.69, 9.17) is 4.74 Å². The van der Waals surface area contributed by atoms with Crippen LogP contribution in [0.25, 0.3) is 0 Å². The highest BCUT2D eigenvalue weighted by Gasteiger charge is 2.12. The van der Waals surface area contributed by atoms with E-state index < -0.39 is 11.5 Å². The lowest BCUT2D eigenvalue weighted by Crippen LogP contribution is -2.14. The van der Waals surface area contributed by atoms with Crippen LogP contribution in [0.3, 0.4) is 0 Å². The molecule has 0 unspecified atom stereocenters. The first-order valence-corrected chi connectivity index (χ1v) is 8.78. The zero-order chi connectivity index (χ0) is 19.8. The number of benzene rings is 2. The molecular formula is C17H16F2N2O5S. The number of anilines is 1. The van der Waals surface area contributed by atoms with Crippen LogP contribution in [-0.4, -0.2) is 30.3 Å². The van der Waals surface area contributed by atoms with E-state index in [-0.39, 0.29) is 28.8 Å². The van der Waals surface area contributed by atoms with Gasteiger partial charge >= 0.3 is 6.61 Å². The van der Waals surface area contributed by atoms with E-state index in [2.05, 4.69) is 10.1 Å². The first-order valence-electron chi connectivity index (χ1n) is 7.63. The summed E-state index contributed by atoms with van der Waals surface area (Å²) in [6, 6.07) is 10.2. The molecule has 2 aromatic carbocycles. The average molecular weight is 398 g/mol. The molecule has 0 heterocycles. The number of thioether (sulfide) groups is 1. The van der Waals surface area contributed by atoms with Gasteiger partial charge in [0.05, 0.1) is 17.8 Å². The molecule has 0 aliphatic heterocycles. The number of carbonyl (C=O) groups excluding carboxylic acids is 1. The first kappa shape index (κ1) is 20.4. The fourth-order valence-electron chi connectivity index (χ4n) is 2.15. The van der Waals surface area contributed by atoms with Gasteiger partial charge < -0.3 is 14.8 Å². The third-order valence-corrected chi connectivity index (χ3v) is 4.29. The maximum Gasteiger partial charge on any atom is 0.387 e. The van der Waals surface area contributed by atoms with Gasteiger partial charge in [0.2, 0.25) is 5.91 Å². The van der Waals surface area contributed by atoms with Gasteiger partial charge in [0.1, 0.15) is 0 Å². The molecule has 0 saturated carbocycles. The van der Waals surface area contributed by atoms with E-state index in [1.54, 1.807) is 18.2 Å². The summed E-state index contributed by atoms with van der Waals surface area (Å²) in [4.78, 5) is 22.1. The Kier molecular flexibility index (Phi) is 7.35. The van der Waals surface area contributed by atoms with Crippen molar-refractivity contribution in [2.45, 2.75) is 12.4 Å². The van der Waals surface area contributed by atoms with Gasteiger partial charge in [-0.1, -0.05) is 12.1 Å². The Balaban J connectivity index is 1.87. The Morgan fingerprint density at radius 1 is 1.26 bits per heavy atom. The molecule has 0 fully saturated rings. The highest BCUT2D eigenvalue weighted by atomic mass is 32.2. The Bertz CT molecular complexity index is 820. The lowest BCUT2D eigenvalue weighted by Gasteiger charge is -2.11. The Morgan fingerprint density at radius 3 is 2.70 bits per heavy atom. The molecule has 2 aromatic rings. The van der Waals surface area contributed by atoms with Crippen molar-refractivity contribution in [3.05, 3.63) is 58.1 Å². The van der Waals surface area contributed by atoms with Crippen LogP contribution in [0.5, 0.6) is 11.5 Å². The third kappa shape index (κ3) is 6.41. The van der Waals surface area contributed by atoms with E-state index in [9.17, 15) is 23.7 Å². The smallest absolute Gasteiger partial charge is 0.387 e. The summed E-state index contributed by atoms with van der Waals surface area (Å²) < 4.78 is 34.0. The molecule has 0 saturated heterocycles. The summed E-state index contributed by atoms with van der Waals surface area (Å²) in [7, 11) is 1.34. The molecule has 0 aliphatic rings. The summed E-state index contributed by atoms with van der Waals surface area (Å²) in [5, 5.41) is 13.3. The summed E-state index contributed by atoms with van der Waals surface area (Å²) >= 11 is 1.29. The van der Waals surface area contributed by atoms with Crippen LogP contribution in [0.4, 0.5) is 20.2 Å². The number of alkyl halides is 2. The van der Waals surface area contributed by atoms with Gasteiger partial charge in [-0.05, 0) is 23.8 Å². The van der Waals surface area contributed by atoms with E-state index in [1.165, 1.54) is 43.1 Å². The van der Waals surface area contributed by atoms with Gasteiger partial charge in [-0.2, -0.15) is 8.78 Å². The van der Waals surface area contributed by atoms with Crippen LogP contribution < -0.4 is 14.8 Å². The second kappa shape index (κ2) is 9.72. The van der Waals surface area contributed by atoms with Crippen molar-refractivity contribution in [3.8, 4) is 11.5 Å². The molecule has 7 nitrogen and oxygen atoms in total. The quantitative estimate of drug-likeness (QED) is 0.506. The molecule has 144 valence electrons. The highest BCUT2D eigenvalue weighted by molar-refractivity contribution is 7.99. The molecule has 27 heavy (non-hydrogen) atoms. The van der Waals surface area contributed by atoms with Crippen LogP contribution in [0.2, 0.25) is 0 Å². The molecule has 10 heteroatoms. The lowest BCUT2D eigenvalue weighted by molar-refractivity contribution is -0.384. The number of hydrogen-bond donors (Lipinski definition) is 1. The van der Waals surface area contributed by atoms with Crippen molar-refractivity contribution >= 4 is 29.0 Å². The Morgan fingerprint density at radius 2 is 2.04 bits per heavy atom. The molecule has 0 aliphatic carbocycles. The highest BCUT2D eigenvalue weighted by Crippen LogP contribution is 2.30. The average Bonchev–Trinajstić information content (AvgIpc) is 2.62. The molecule has 2 rings (SSSR count). The van der Waals surface area contributed by atoms with Crippen molar-refractivity contribution in [1.29, 1.82) is 0 Å². The maximum absolute atomic E-state index is 12.3. The van der Waals surface area contributed by atoms with Crippen molar-refractivity contribution < 1.29 is 28.0 Å². The predicted molar refractivity (Wildman–Crippen MR) is 97.5 cm³/mol. The van der Waals surface area contributed by atoms with Gasteiger partial charge in [-0.15, -0.1) is 11.8 Å². The largest absolute Gasteiger partial charge is 0.493 e. The second-order valence-electron chi connectivity index (χ2n) is 5.21. The first-order chi connectivity index (χ1) is 12.9. The predicted octanol–water partition coefficient (Wildman–Crippen LogP) is 4.08. The molecule has 1 N–H and O–H groups in total. The van der Waals surface area contributed by atoms with Crippen LogP contribution in [0, 0.1) is 10.1 Å². The molecule has 0 atom stereocenters. The second-order valence-corrected chi connectivity index (χ2v) is 6.20. The standard InChI is InChI=1S/C17H16F2N2O5S/c1-25-15-7-11(5-6-14(15)26-17(18)19)9-27-10-16(22)20-12-3-2-4-13(8-12)21(23)24/h2-8,17H,9-10H2,1H3,(H,20,22). The van der Waals surface area contributed by atoms with Crippen LogP contribution >= 0.6 is 11.8 Å². The number of ether oxygens (including phenoxy) is 2. The summed E-state index contributed by atoms with van der Waals surface area (Å²) in [6.45, 7) is -2.95. The fourth-order valence-corrected chi connectivity index (χ4v) is 2.93. The van der Waals surface area contributed by atoms with Crippen LogP contribution in [0.1, 0.15) is 5.56 Å². The number of methoxy groups -OCH3 is 1. The molecular weight excluding hydrogens is 382 g/mol. The zero-order valence-electron chi connectivity index (χ0n) is 14.2. The van der Waals surface area contributed by atoms with Gasteiger partial charge in [0.25, 0.3) is 5.69 Å². The van der Waals surface area contributed by atoms with Gasteiger partial charge in [0, 0.05) is 23.6 Å². The number of nitro groups is 1. The monoisotopic (exact) mass is 398 g/mol. The van der Waals surface area contributed by atoms with Gasteiger partial charge in [0.15, 0.2) is 11.5 Å². The lowest BCUT2D eigenvalue weighted by atomic mass is 10.2. The van der Waals surface area contributed by atoms with Crippen molar-refractivity contribution in [3.63, 3.8) is 0 Å². The van der Waals surface area contributed by atoms with Gasteiger partial charge in [-0.25, -0.2) is 0 Å². The number of carbonyl (C=O) groups is 1. The Labute approximate surface area is 157 Å². The number of rotatable bonds is 9. The zero-order valence-corrected chi connectivity index (χ0v) is 15.0. The van der Waals surface area contributed by atoms with E-state index >= 15 is 0 Å². The topological polar surface area (TPSA) is 90.7 Å². The van der Waals surface area contributed by atoms with Crippen LogP contribution in [0.15, 0.2) is 42.5 Å². The maximum atomic E-state index is 12.3. The minimum atomic E-state index is -2.95. The number of halogens is 2. The van der Waals surface area contributed by atoms with E-state index in [0.717, 1.165) is 5.56 Å². The summed E-state index contributed by atoms with van der Waals surface area (Å²) in [5.41, 5.74) is 0.991. The fraction of sp³-hybridized carbons (Fsp3) is 0.235. The minimum Gasteiger partial charge on any atom is -0.493 e. The van der Waals surface area contributed by atoms with Gasteiger partial charge in [-0.3, -0.25) is 14.9 Å².